The number of carbonyl (C=O) groups excluding carboxylic acids is 1. The average Bonchev–Trinajstić information content (AvgIpc) is 2.18. The van der Waals surface area contributed by atoms with Gasteiger partial charge in [0.2, 0.25) is 0 Å². The lowest BCUT2D eigenvalue weighted by Gasteiger charge is -2.25. The van der Waals surface area contributed by atoms with Gasteiger partial charge in [-0.25, -0.2) is 0 Å². The molecule has 0 unspecified atom stereocenters. The summed E-state index contributed by atoms with van der Waals surface area (Å²) < 4.78 is 4.99. The number of carbonyl (C=O) groups is 1. The monoisotopic (exact) mass is 244 g/mol. The van der Waals surface area contributed by atoms with Crippen LogP contribution in [0.25, 0.3) is 0 Å². The Hall–Kier alpha value is -1.23. The van der Waals surface area contributed by atoms with E-state index in [2.05, 4.69) is 5.32 Å². The lowest BCUT2D eigenvalue weighted by molar-refractivity contribution is 0.0997. The Bertz CT molecular complexity index is 449. The summed E-state index contributed by atoms with van der Waals surface area (Å²) in [6, 6.07) is 2.78. The van der Waals surface area contributed by atoms with Crippen LogP contribution in [0.4, 0.5) is 5.69 Å². The number of benzene rings is 1. The van der Waals surface area contributed by atoms with Crippen molar-refractivity contribution in [3.8, 4) is 5.75 Å². The predicted molar refractivity (Wildman–Crippen MR) is 70.1 cm³/mol. The van der Waals surface area contributed by atoms with Crippen molar-refractivity contribution in [3.05, 3.63) is 22.7 Å². The molecule has 0 aromatic heterocycles. The van der Waals surface area contributed by atoms with Gasteiger partial charge in [0.15, 0.2) is 0 Å². The van der Waals surface area contributed by atoms with Crippen LogP contribution in [0.5, 0.6) is 5.75 Å². The number of hydrogen-bond acceptors (Lipinski definition) is 3. The van der Waals surface area contributed by atoms with Crippen LogP contribution in [0.3, 0.4) is 0 Å². The highest BCUT2D eigenvalue weighted by Crippen LogP contribution is 2.31. The molecule has 0 aliphatic carbocycles. The van der Waals surface area contributed by atoms with E-state index in [0.717, 1.165) is 0 Å². The van der Waals surface area contributed by atoms with Crippen molar-refractivity contribution in [3.63, 3.8) is 0 Å². The fraction of sp³-hybridized carbons (Fsp3) is 0.222. The third-order valence-electron chi connectivity index (χ3n) is 1.91. The molecule has 0 fully saturated rings. The van der Waals surface area contributed by atoms with E-state index < -0.39 is 11.1 Å². The van der Waals surface area contributed by atoms with E-state index in [9.17, 15) is 4.79 Å². The van der Waals surface area contributed by atoms with Gasteiger partial charge in [-0.3, -0.25) is 4.79 Å². The topological polar surface area (TPSA) is 64.3 Å². The van der Waals surface area contributed by atoms with Crippen LogP contribution in [0.1, 0.15) is 10.4 Å². The van der Waals surface area contributed by atoms with Crippen molar-refractivity contribution in [1.29, 1.82) is 0 Å². The fourth-order valence-electron chi connectivity index (χ4n) is 1.24. The number of nitrogens with two attached hydrogens (primary N) is 1. The molecule has 4 nitrogen and oxygen atoms in total. The van der Waals surface area contributed by atoms with Crippen LogP contribution < -0.4 is 15.8 Å². The zero-order chi connectivity index (χ0) is 13.2. The van der Waals surface area contributed by atoms with E-state index in [-0.39, 0.29) is 16.3 Å². The number of hydrogen-bond donors (Lipinski definition) is 2. The molecule has 1 aromatic carbocycles. The Morgan fingerprint density at radius 3 is 2.47 bits per heavy atom. The van der Waals surface area contributed by atoms with Crippen molar-refractivity contribution in [2.24, 2.45) is 5.73 Å². The Labute approximate surface area is 108 Å². The van der Waals surface area contributed by atoms with Gasteiger partial charge in [-0.05, 0) is 6.07 Å². The van der Waals surface area contributed by atoms with Gasteiger partial charge in [-0.1, -0.05) is 16.8 Å². The second kappa shape index (κ2) is 4.96. The molecule has 0 heterocycles. The molecule has 82 valence electrons. The molecule has 1 amide bonds. The molecule has 0 saturated heterocycles. The Kier molecular flexibility index (Phi) is 4.04. The zero-order valence-corrected chi connectivity index (χ0v) is 9.91. The Morgan fingerprint density at radius 2 is 2.06 bits per heavy atom. The normalized spacial score (nSPS) is 10.9. The van der Waals surface area contributed by atoms with E-state index in [4.69, 9.17) is 45.6 Å². The van der Waals surface area contributed by atoms with Crippen molar-refractivity contribution >= 4 is 46.7 Å². The summed E-state index contributed by atoms with van der Waals surface area (Å²) in [7, 11) is 17.5. The molecular formula is C9H8B3ClN2O2. The molecule has 0 saturated carbocycles. The van der Waals surface area contributed by atoms with Gasteiger partial charge in [0, 0.05) is 6.07 Å². The lowest BCUT2D eigenvalue weighted by atomic mass is 9.49. The molecule has 0 aliphatic heterocycles. The number of rotatable bonds is 4. The second-order valence-electron chi connectivity index (χ2n) is 3.45. The summed E-state index contributed by atoms with van der Waals surface area (Å²) in [5.41, 5.74) is 5.65. The maximum absolute atomic E-state index is 11.1. The highest BCUT2D eigenvalue weighted by atomic mass is 35.5. The first-order valence-corrected chi connectivity index (χ1v) is 4.94. The van der Waals surface area contributed by atoms with E-state index in [1.54, 1.807) is 0 Å². The maximum atomic E-state index is 11.1. The summed E-state index contributed by atoms with van der Waals surface area (Å²) in [4.78, 5) is 11.1. The van der Waals surface area contributed by atoms with Gasteiger partial charge in [-0.2, -0.15) is 0 Å². The second-order valence-corrected chi connectivity index (χ2v) is 3.86. The fourth-order valence-corrected chi connectivity index (χ4v) is 1.45. The van der Waals surface area contributed by atoms with E-state index in [0.29, 0.717) is 5.69 Å². The zero-order valence-electron chi connectivity index (χ0n) is 9.16. The third-order valence-corrected chi connectivity index (χ3v) is 2.22. The molecule has 0 aliphatic rings. The van der Waals surface area contributed by atoms with E-state index >= 15 is 0 Å². The van der Waals surface area contributed by atoms with Crippen LogP contribution in [0.15, 0.2) is 12.1 Å². The molecule has 0 spiro atoms. The molecule has 1 rings (SSSR count). The summed E-state index contributed by atoms with van der Waals surface area (Å²) in [5.74, 6) is -0.413. The third kappa shape index (κ3) is 3.63. The standard InChI is InChI=1S/C9H8B3ClN2O2/c1-17-7-3-6(15-9(10,11)12)5(13)2-4(7)8(14)16/h2-3,15H,1H3,(H2,14,16). The van der Waals surface area contributed by atoms with Crippen molar-refractivity contribution in [2.75, 3.05) is 12.4 Å². The first-order valence-electron chi connectivity index (χ1n) is 4.56. The van der Waals surface area contributed by atoms with Gasteiger partial charge in [0.1, 0.15) is 5.75 Å². The smallest absolute Gasteiger partial charge is 0.252 e. The Morgan fingerprint density at radius 1 is 1.47 bits per heavy atom. The first-order chi connectivity index (χ1) is 7.74. The summed E-state index contributed by atoms with van der Waals surface area (Å²) in [6.45, 7) is 0. The van der Waals surface area contributed by atoms with E-state index in [1.165, 1.54) is 19.2 Å². The minimum absolute atomic E-state index is 0.153. The van der Waals surface area contributed by atoms with Gasteiger partial charge >= 0.3 is 0 Å². The van der Waals surface area contributed by atoms with Gasteiger partial charge < -0.3 is 15.8 Å². The highest BCUT2D eigenvalue weighted by molar-refractivity contribution is 6.60. The number of anilines is 1. The van der Waals surface area contributed by atoms with Gasteiger partial charge in [-0.15, -0.1) is 0 Å². The molecule has 3 N–H and O–H groups in total. The van der Waals surface area contributed by atoms with Crippen LogP contribution >= 0.6 is 11.6 Å². The van der Waals surface area contributed by atoms with Crippen LogP contribution in [0.2, 0.25) is 5.02 Å². The van der Waals surface area contributed by atoms with Crippen molar-refractivity contribution < 1.29 is 9.53 Å². The minimum Gasteiger partial charge on any atom is -0.496 e. The predicted octanol–water partition coefficient (Wildman–Crippen LogP) is -0.0238. The average molecular weight is 244 g/mol. The SMILES string of the molecule is [B]C([B])([B])Nc1cc(OC)c(C(N)=O)cc1Cl. The number of halogens is 1. The quantitative estimate of drug-likeness (QED) is 0.731. The van der Waals surface area contributed by atoms with Crippen molar-refractivity contribution in [1.82, 2.24) is 0 Å². The number of ether oxygens (including phenoxy) is 1. The number of methoxy groups -OCH3 is 1. The number of primary amides is 1. The van der Waals surface area contributed by atoms with Crippen LogP contribution in [-0.4, -0.2) is 41.8 Å². The number of nitrogens with one attached hydrogen (secondary N) is 1. The molecule has 0 atom stereocenters. The lowest BCUT2D eigenvalue weighted by Crippen LogP contribution is -2.39. The molecule has 17 heavy (non-hydrogen) atoms. The molecule has 8 heteroatoms. The molecular weight excluding hydrogens is 236 g/mol. The Balaban J connectivity index is 3.23. The summed E-state index contributed by atoms with van der Waals surface area (Å²) in [6.07, 6.45) is 0. The van der Waals surface area contributed by atoms with Gasteiger partial charge in [0.05, 0.1) is 46.9 Å². The molecule has 0 bridgehead atoms. The molecule has 6 radical (unpaired) electrons. The largest absolute Gasteiger partial charge is 0.496 e. The van der Waals surface area contributed by atoms with Crippen molar-refractivity contribution in [2.45, 2.75) is 5.24 Å². The molecule has 1 aromatic rings. The minimum atomic E-state index is -1.64. The highest BCUT2D eigenvalue weighted by Gasteiger charge is 2.16. The van der Waals surface area contributed by atoms with Crippen LogP contribution in [0, 0.1) is 0 Å². The van der Waals surface area contributed by atoms with Gasteiger partial charge in [0.25, 0.3) is 5.91 Å². The summed E-state index contributed by atoms with van der Waals surface area (Å²) >= 11 is 5.92. The van der Waals surface area contributed by atoms with E-state index in [1.807, 2.05) is 0 Å². The van der Waals surface area contributed by atoms with Crippen LogP contribution in [-0.2, 0) is 0 Å². The summed E-state index contributed by atoms with van der Waals surface area (Å²) in [5, 5.41) is 1.12. The first kappa shape index (κ1) is 13.8. The maximum Gasteiger partial charge on any atom is 0.252 e. The number of amides is 1.